The van der Waals surface area contributed by atoms with Gasteiger partial charge in [-0.1, -0.05) is 6.08 Å². The molecule has 7 nitrogen and oxygen atoms in total. The average molecular weight is 372 g/mol. The van der Waals surface area contributed by atoms with Gasteiger partial charge in [-0.25, -0.2) is 4.79 Å². The Balaban J connectivity index is 1.49. The molecule has 0 unspecified atom stereocenters. The van der Waals surface area contributed by atoms with Gasteiger partial charge >= 0.3 is 6.16 Å². The first kappa shape index (κ1) is 18.9. The van der Waals surface area contributed by atoms with Crippen molar-refractivity contribution in [1.82, 2.24) is 9.80 Å². The van der Waals surface area contributed by atoms with Crippen LogP contribution in [0.25, 0.3) is 0 Å². The molecule has 2 fully saturated rings. The lowest BCUT2D eigenvalue weighted by Gasteiger charge is -2.34. The number of carbonyl (C=O) groups excluding carboxylic acids is 3. The van der Waals surface area contributed by atoms with E-state index in [0.717, 1.165) is 0 Å². The zero-order valence-corrected chi connectivity index (χ0v) is 15.4. The second-order valence-electron chi connectivity index (χ2n) is 6.62. The molecule has 1 heterocycles. The molecule has 7 heteroatoms. The molecule has 1 aromatic rings. The fourth-order valence-corrected chi connectivity index (χ4v) is 2.83. The molecule has 0 radical (unpaired) electrons. The Hall–Kier alpha value is -2.83. The van der Waals surface area contributed by atoms with Gasteiger partial charge in [0, 0.05) is 31.7 Å². The molecule has 27 heavy (non-hydrogen) atoms. The number of hydrogen-bond donors (Lipinski definition) is 0. The summed E-state index contributed by atoms with van der Waals surface area (Å²) in [6.45, 7) is 4.00. The van der Waals surface area contributed by atoms with Crippen molar-refractivity contribution in [1.29, 1.82) is 0 Å². The van der Waals surface area contributed by atoms with Crippen LogP contribution in [0, 0.1) is 5.92 Å². The van der Waals surface area contributed by atoms with E-state index in [1.165, 1.54) is 12.8 Å². The summed E-state index contributed by atoms with van der Waals surface area (Å²) in [5.74, 6) is 0.822. The molecule has 1 saturated heterocycles. The van der Waals surface area contributed by atoms with Crippen molar-refractivity contribution in [3.63, 3.8) is 0 Å². The van der Waals surface area contributed by atoms with E-state index in [4.69, 9.17) is 9.47 Å². The van der Waals surface area contributed by atoms with Crippen LogP contribution in [0.1, 0.15) is 30.1 Å². The molecule has 1 aliphatic heterocycles. The molecule has 3 rings (SSSR count). The molecule has 144 valence electrons. The van der Waals surface area contributed by atoms with Crippen LogP contribution in [0.4, 0.5) is 4.79 Å². The average Bonchev–Trinajstić information content (AvgIpc) is 3.51. The Morgan fingerprint density at radius 1 is 1.04 bits per heavy atom. The van der Waals surface area contributed by atoms with E-state index < -0.39 is 6.16 Å². The Morgan fingerprint density at radius 3 is 2.26 bits per heavy atom. The van der Waals surface area contributed by atoms with Gasteiger partial charge in [0.05, 0.1) is 6.61 Å². The van der Waals surface area contributed by atoms with Crippen molar-refractivity contribution in [3.05, 3.63) is 42.0 Å². The second-order valence-corrected chi connectivity index (χ2v) is 6.62. The maximum Gasteiger partial charge on any atom is 0.513 e. The Kier molecular flexibility index (Phi) is 6.11. The van der Waals surface area contributed by atoms with Gasteiger partial charge in [-0.2, -0.15) is 0 Å². The van der Waals surface area contributed by atoms with Gasteiger partial charge in [-0.05, 0) is 56.0 Å². The number of amides is 2. The minimum absolute atomic E-state index is 0.0227. The number of rotatable bonds is 5. The summed E-state index contributed by atoms with van der Waals surface area (Å²) in [7, 11) is 0. The molecule has 1 aliphatic carbocycles. The van der Waals surface area contributed by atoms with Crippen LogP contribution in [0.5, 0.6) is 5.75 Å². The van der Waals surface area contributed by atoms with Crippen molar-refractivity contribution < 1.29 is 23.9 Å². The Labute approximate surface area is 158 Å². The van der Waals surface area contributed by atoms with Crippen LogP contribution in [0.3, 0.4) is 0 Å². The van der Waals surface area contributed by atoms with Crippen LogP contribution in [0.2, 0.25) is 0 Å². The monoisotopic (exact) mass is 372 g/mol. The molecule has 1 aromatic carbocycles. The van der Waals surface area contributed by atoms with Gasteiger partial charge in [-0.15, -0.1) is 0 Å². The number of benzene rings is 1. The van der Waals surface area contributed by atoms with E-state index in [1.807, 2.05) is 6.08 Å². The third-order valence-electron chi connectivity index (χ3n) is 4.58. The molecule has 0 atom stereocenters. The van der Waals surface area contributed by atoms with E-state index in [-0.39, 0.29) is 18.4 Å². The topological polar surface area (TPSA) is 76.2 Å². The Morgan fingerprint density at radius 2 is 1.67 bits per heavy atom. The van der Waals surface area contributed by atoms with E-state index in [1.54, 1.807) is 47.1 Å². The summed E-state index contributed by atoms with van der Waals surface area (Å²) in [5.41, 5.74) is 0.514. The molecular weight excluding hydrogens is 348 g/mol. The number of carbonyl (C=O) groups is 3. The molecule has 2 aliphatic rings. The maximum absolute atomic E-state index is 12.6. The van der Waals surface area contributed by atoms with Gasteiger partial charge in [0.25, 0.3) is 5.91 Å². The predicted octanol–water partition coefficient (Wildman–Crippen LogP) is 2.47. The van der Waals surface area contributed by atoms with Gasteiger partial charge in [0.2, 0.25) is 5.91 Å². The van der Waals surface area contributed by atoms with E-state index in [9.17, 15) is 14.4 Å². The first-order chi connectivity index (χ1) is 13.1. The van der Waals surface area contributed by atoms with Crippen molar-refractivity contribution >= 4 is 18.0 Å². The maximum atomic E-state index is 12.6. The number of allylic oxidation sites excluding steroid dienone is 1. The predicted molar refractivity (Wildman–Crippen MR) is 98.4 cm³/mol. The number of piperazine rings is 1. The SMILES string of the molecule is CCOC(=O)Oc1ccc(C(=O)N2CCN(C(=O)/C=C/C3CC3)CC2)cc1. The van der Waals surface area contributed by atoms with Gasteiger partial charge in [-0.3, -0.25) is 9.59 Å². The third-order valence-corrected chi connectivity index (χ3v) is 4.58. The van der Waals surface area contributed by atoms with Crippen LogP contribution >= 0.6 is 0 Å². The second kappa shape index (κ2) is 8.70. The fourth-order valence-electron chi connectivity index (χ4n) is 2.83. The summed E-state index contributed by atoms with van der Waals surface area (Å²) in [6.07, 6.45) is 5.23. The van der Waals surface area contributed by atoms with Gasteiger partial charge in [0.15, 0.2) is 0 Å². The minimum atomic E-state index is -0.770. The van der Waals surface area contributed by atoms with E-state index in [2.05, 4.69) is 0 Å². The Bertz CT molecular complexity index is 716. The van der Waals surface area contributed by atoms with E-state index in [0.29, 0.717) is 43.4 Å². The highest BCUT2D eigenvalue weighted by Gasteiger charge is 2.25. The molecule has 0 spiro atoms. The first-order valence-electron chi connectivity index (χ1n) is 9.28. The summed E-state index contributed by atoms with van der Waals surface area (Å²) < 4.78 is 9.69. The van der Waals surface area contributed by atoms with Crippen molar-refractivity contribution in [3.8, 4) is 5.75 Å². The lowest BCUT2D eigenvalue weighted by molar-refractivity contribution is -0.127. The normalized spacial score (nSPS) is 17.1. The van der Waals surface area contributed by atoms with Gasteiger partial charge < -0.3 is 19.3 Å². The third kappa shape index (κ3) is 5.32. The van der Waals surface area contributed by atoms with Crippen LogP contribution < -0.4 is 4.74 Å². The summed E-state index contributed by atoms with van der Waals surface area (Å²) in [6, 6.07) is 6.36. The highest BCUT2D eigenvalue weighted by atomic mass is 16.7. The fraction of sp³-hybridized carbons (Fsp3) is 0.450. The van der Waals surface area contributed by atoms with Gasteiger partial charge in [0.1, 0.15) is 5.75 Å². The van der Waals surface area contributed by atoms with Crippen molar-refractivity contribution in [2.45, 2.75) is 19.8 Å². The quantitative estimate of drug-likeness (QED) is 0.451. The molecule has 2 amide bonds. The largest absolute Gasteiger partial charge is 0.513 e. The van der Waals surface area contributed by atoms with Crippen LogP contribution in [-0.2, 0) is 9.53 Å². The highest BCUT2D eigenvalue weighted by Crippen LogP contribution is 2.30. The van der Waals surface area contributed by atoms with Crippen LogP contribution in [-0.4, -0.2) is 60.6 Å². The lowest BCUT2D eigenvalue weighted by atomic mass is 10.1. The molecule has 0 aromatic heterocycles. The zero-order chi connectivity index (χ0) is 19.2. The molecule has 0 bridgehead atoms. The summed E-state index contributed by atoms with van der Waals surface area (Å²) >= 11 is 0. The van der Waals surface area contributed by atoms with Crippen molar-refractivity contribution in [2.24, 2.45) is 5.92 Å². The molecular formula is C20H24N2O5. The first-order valence-corrected chi connectivity index (χ1v) is 9.28. The smallest absolute Gasteiger partial charge is 0.434 e. The number of nitrogens with zero attached hydrogens (tertiary/aromatic N) is 2. The number of hydrogen-bond acceptors (Lipinski definition) is 5. The summed E-state index contributed by atoms with van der Waals surface area (Å²) in [5, 5.41) is 0. The number of ether oxygens (including phenoxy) is 2. The minimum Gasteiger partial charge on any atom is -0.434 e. The molecule has 0 N–H and O–H groups in total. The molecule has 1 saturated carbocycles. The highest BCUT2D eigenvalue weighted by molar-refractivity contribution is 5.94. The lowest BCUT2D eigenvalue weighted by Crippen LogP contribution is -2.50. The van der Waals surface area contributed by atoms with E-state index >= 15 is 0 Å². The zero-order valence-electron chi connectivity index (χ0n) is 15.4. The van der Waals surface area contributed by atoms with Crippen molar-refractivity contribution in [2.75, 3.05) is 32.8 Å². The summed E-state index contributed by atoms with van der Waals surface area (Å²) in [4.78, 5) is 39.5. The standard InChI is InChI=1S/C20H24N2O5/c1-2-26-20(25)27-17-8-6-16(7-9-17)19(24)22-13-11-21(12-14-22)18(23)10-5-15-3-4-15/h5-10,15H,2-4,11-14H2,1H3/b10-5+. The van der Waals surface area contributed by atoms with Crippen LogP contribution in [0.15, 0.2) is 36.4 Å².